The van der Waals surface area contributed by atoms with Crippen molar-refractivity contribution in [3.05, 3.63) is 34.9 Å². The van der Waals surface area contributed by atoms with Crippen molar-refractivity contribution in [1.82, 2.24) is 0 Å². The summed E-state index contributed by atoms with van der Waals surface area (Å²) in [6.45, 7) is 2.33. The van der Waals surface area contributed by atoms with Gasteiger partial charge < -0.3 is 14.7 Å². The predicted octanol–water partition coefficient (Wildman–Crippen LogP) is 1.27. The van der Waals surface area contributed by atoms with E-state index >= 15 is 0 Å². The van der Waals surface area contributed by atoms with E-state index in [4.69, 9.17) is 21.8 Å². The molecule has 16 heavy (non-hydrogen) atoms. The van der Waals surface area contributed by atoms with Gasteiger partial charge in [-0.3, -0.25) is 0 Å². The number of hydrogen-bond acceptors (Lipinski definition) is 2. The molecule has 0 atom stereocenters. The minimum atomic E-state index is 0.129. The summed E-state index contributed by atoms with van der Waals surface area (Å²) in [5.74, 6) is 0. The van der Waals surface area contributed by atoms with Gasteiger partial charge in [0.2, 0.25) is 0 Å². The fourth-order valence-corrected chi connectivity index (χ4v) is 1.91. The van der Waals surface area contributed by atoms with Crippen molar-refractivity contribution < 1.29 is 14.7 Å². The summed E-state index contributed by atoms with van der Waals surface area (Å²) >= 11 is 5.82. The number of aliphatic hydroxyl groups is 2. The molecule has 2 N–H and O–H groups in total. The molecule has 90 valence electrons. The van der Waals surface area contributed by atoms with Crippen LogP contribution in [0, 0.1) is 0 Å². The van der Waals surface area contributed by atoms with Crippen LogP contribution in [0.2, 0.25) is 5.02 Å². The maximum atomic E-state index is 9.03. The Balaban J connectivity index is 2.70. The van der Waals surface area contributed by atoms with E-state index in [2.05, 4.69) is 0 Å². The Morgan fingerprint density at radius 2 is 1.56 bits per heavy atom. The first-order chi connectivity index (χ1) is 7.59. The lowest BCUT2D eigenvalue weighted by Crippen LogP contribution is -2.47. The van der Waals surface area contributed by atoms with Crippen molar-refractivity contribution >= 4 is 11.6 Å². The molecule has 0 aromatic heterocycles. The highest BCUT2D eigenvalue weighted by Crippen LogP contribution is 2.14. The molecule has 1 aromatic rings. The van der Waals surface area contributed by atoms with Gasteiger partial charge in [-0.1, -0.05) is 23.7 Å². The molecule has 3 nitrogen and oxygen atoms in total. The molecule has 1 aromatic carbocycles. The Bertz CT molecular complexity index is 307. The third-order valence-corrected chi connectivity index (χ3v) is 3.01. The second kappa shape index (κ2) is 6.21. The summed E-state index contributed by atoms with van der Waals surface area (Å²) in [6, 6.07) is 7.68. The third-order valence-electron chi connectivity index (χ3n) is 2.76. The predicted molar refractivity (Wildman–Crippen MR) is 65.2 cm³/mol. The second-order valence-corrected chi connectivity index (χ2v) is 4.73. The molecule has 0 aliphatic heterocycles. The Morgan fingerprint density at radius 1 is 1.06 bits per heavy atom. The Morgan fingerprint density at radius 3 is 2.00 bits per heavy atom. The first kappa shape index (κ1) is 13.5. The Labute approximate surface area is 101 Å². The topological polar surface area (TPSA) is 40.5 Å². The SMILES string of the molecule is C[N+](CCO)(CCO)Cc1ccc(Cl)cc1. The first-order valence-electron chi connectivity index (χ1n) is 5.39. The molecule has 0 heterocycles. The average molecular weight is 245 g/mol. The van der Waals surface area contributed by atoms with Gasteiger partial charge in [-0.05, 0) is 12.1 Å². The summed E-state index contributed by atoms with van der Waals surface area (Å²) in [6.07, 6.45) is 0. The normalized spacial score (nSPS) is 11.8. The van der Waals surface area contributed by atoms with E-state index in [1.165, 1.54) is 0 Å². The molecule has 0 saturated heterocycles. The highest BCUT2D eigenvalue weighted by atomic mass is 35.5. The number of nitrogens with zero attached hydrogens (tertiary/aromatic N) is 1. The summed E-state index contributed by atoms with van der Waals surface area (Å²) in [4.78, 5) is 0. The highest BCUT2D eigenvalue weighted by molar-refractivity contribution is 6.30. The number of benzene rings is 1. The van der Waals surface area contributed by atoms with E-state index in [0.717, 1.165) is 17.1 Å². The fraction of sp³-hybridized carbons (Fsp3) is 0.500. The van der Waals surface area contributed by atoms with E-state index in [-0.39, 0.29) is 13.2 Å². The van der Waals surface area contributed by atoms with Gasteiger partial charge in [0, 0.05) is 10.6 Å². The van der Waals surface area contributed by atoms with Gasteiger partial charge in [-0.25, -0.2) is 0 Å². The molecule has 0 saturated carbocycles. The molecule has 0 amide bonds. The lowest BCUT2D eigenvalue weighted by molar-refractivity contribution is -0.923. The van der Waals surface area contributed by atoms with Crippen LogP contribution in [0.5, 0.6) is 0 Å². The molecule has 1 rings (SSSR count). The van der Waals surface area contributed by atoms with Gasteiger partial charge in [0.05, 0.1) is 20.3 Å². The van der Waals surface area contributed by atoms with Crippen LogP contribution < -0.4 is 0 Å². The van der Waals surface area contributed by atoms with E-state index in [9.17, 15) is 0 Å². The lowest BCUT2D eigenvalue weighted by atomic mass is 10.2. The van der Waals surface area contributed by atoms with Crippen LogP contribution >= 0.6 is 11.6 Å². The summed E-state index contributed by atoms with van der Waals surface area (Å²) in [5, 5.41) is 18.8. The lowest BCUT2D eigenvalue weighted by Gasteiger charge is -2.33. The van der Waals surface area contributed by atoms with Crippen LogP contribution in [0.3, 0.4) is 0 Å². The van der Waals surface area contributed by atoms with Crippen molar-refractivity contribution in [2.45, 2.75) is 6.54 Å². The van der Waals surface area contributed by atoms with Gasteiger partial charge in [0.15, 0.2) is 0 Å². The molecule has 0 radical (unpaired) electrons. The van der Waals surface area contributed by atoms with E-state index in [1.54, 1.807) is 0 Å². The second-order valence-electron chi connectivity index (χ2n) is 4.30. The van der Waals surface area contributed by atoms with Gasteiger partial charge >= 0.3 is 0 Å². The number of quaternary nitrogens is 1. The molecular formula is C12H19ClNO2+. The quantitative estimate of drug-likeness (QED) is 0.740. The fourth-order valence-electron chi connectivity index (χ4n) is 1.78. The molecule has 0 unspecified atom stereocenters. The number of halogens is 1. The van der Waals surface area contributed by atoms with E-state index in [1.807, 2.05) is 31.3 Å². The smallest absolute Gasteiger partial charge is 0.104 e. The maximum Gasteiger partial charge on any atom is 0.104 e. The zero-order valence-electron chi connectivity index (χ0n) is 9.56. The zero-order valence-corrected chi connectivity index (χ0v) is 10.3. The molecule has 4 heteroatoms. The van der Waals surface area contributed by atoms with Crippen LogP contribution in [0.1, 0.15) is 5.56 Å². The summed E-state index contributed by atoms with van der Waals surface area (Å²) in [5.41, 5.74) is 1.16. The number of rotatable bonds is 6. The van der Waals surface area contributed by atoms with Crippen LogP contribution in [0.15, 0.2) is 24.3 Å². The van der Waals surface area contributed by atoms with Crippen LogP contribution in [-0.2, 0) is 6.54 Å². The number of hydrogen-bond donors (Lipinski definition) is 2. The first-order valence-corrected chi connectivity index (χ1v) is 5.77. The molecule has 0 aliphatic carbocycles. The van der Waals surface area contributed by atoms with E-state index in [0.29, 0.717) is 17.6 Å². The van der Waals surface area contributed by atoms with Gasteiger partial charge in [-0.15, -0.1) is 0 Å². The van der Waals surface area contributed by atoms with Crippen molar-refractivity contribution in [1.29, 1.82) is 0 Å². The molecule has 0 spiro atoms. The zero-order chi connectivity index (χ0) is 12.0. The minimum absolute atomic E-state index is 0.129. The van der Waals surface area contributed by atoms with Crippen molar-refractivity contribution in [2.75, 3.05) is 33.4 Å². The Hall–Kier alpha value is -0.610. The molecular weight excluding hydrogens is 226 g/mol. The number of likely N-dealkylation sites (N-methyl/N-ethyl adjacent to an activating group) is 1. The highest BCUT2D eigenvalue weighted by Gasteiger charge is 2.20. The third kappa shape index (κ3) is 4.10. The summed E-state index contributed by atoms with van der Waals surface area (Å²) < 4.78 is 0.634. The summed E-state index contributed by atoms with van der Waals surface area (Å²) in [7, 11) is 2.03. The molecule has 0 fully saturated rings. The standard InChI is InChI=1S/C12H19ClNO2/c1-14(6-8-15,7-9-16)10-11-2-4-12(13)5-3-11/h2-5,15-16H,6-10H2,1H3/q+1. The average Bonchev–Trinajstić information content (AvgIpc) is 2.22. The van der Waals surface area contributed by atoms with E-state index < -0.39 is 0 Å². The van der Waals surface area contributed by atoms with Crippen molar-refractivity contribution in [3.63, 3.8) is 0 Å². The monoisotopic (exact) mass is 244 g/mol. The Kier molecular flexibility index (Phi) is 5.22. The van der Waals surface area contributed by atoms with Crippen molar-refractivity contribution in [2.24, 2.45) is 0 Å². The molecule has 0 aliphatic rings. The van der Waals surface area contributed by atoms with Crippen LogP contribution in [0.25, 0.3) is 0 Å². The van der Waals surface area contributed by atoms with Crippen LogP contribution in [0.4, 0.5) is 0 Å². The van der Waals surface area contributed by atoms with Gasteiger partial charge in [0.25, 0.3) is 0 Å². The molecule has 0 bridgehead atoms. The van der Waals surface area contributed by atoms with Gasteiger partial charge in [-0.2, -0.15) is 0 Å². The van der Waals surface area contributed by atoms with Crippen molar-refractivity contribution in [3.8, 4) is 0 Å². The van der Waals surface area contributed by atoms with Crippen LogP contribution in [-0.4, -0.2) is 48.0 Å². The maximum absolute atomic E-state index is 9.03. The number of aliphatic hydroxyl groups excluding tert-OH is 2. The largest absolute Gasteiger partial charge is 0.391 e. The minimum Gasteiger partial charge on any atom is -0.391 e. The van der Waals surface area contributed by atoms with Gasteiger partial charge in [0.1, 0.15) is 19.6 Å².